The minimum Gasteiger partial charge on any atom is -0.372 e. The molecule has 2 aliphatic heterocycles. The monoisotopic (exact) mass is 341 g/mol. The first kappa shape index (κ1) is 16.8. The summed E-state index contributed by atoms with van der Waals surface area (Å²) >= 11 is 0. The van der Waals surface area contributed by atoms with Crippen LogP contribution in [0.1, 0.15) is 30.5 Å². The quantitative estimate of drug-likeness (QED) is 0.838. The van der Waals surface area contributed by atoms with Crippen LogP contribution in [-0.4, -0.2) is 46.1 Å². The summed E-state index contributed by atoms with van der Waals surface area (Å²) in [6, 6.07) is 12.5. The van der Waals surface area contributed by atoms with Crippen molar-refractivity contribution >= 4 is 0 Å². The number of aromatic nitrogens is 2. The molecule has 0 N–H and O–H groups in total. The lowest BCUT2D eigenvalue weighted by Crippen LogP contribution is -2.44. The third kappa shape index (κ3) is 4.11. The number of benzene rings is 1. The van der Waals surface area contributed by atoms with Gasteiger partial charge in [0, 0.05) is 39.3 Å². The Hall–Kier alpha value is -1.69. The minimum atomic E-state index is 0.0297. The van der Waals surface area contributed by atoms with E-state index in [0.717, 1.165) is 51.2 Å². The summed E-state index contributed by atoms with van der Waals surface area (Å²) in [5, 5.41) is 4.48. The Morgan fingerprint density at radius 3 is 2.72 bits per heavy atom. The normalized spacial score (nSPS) is 23.3. The Bertz CT molecular complexity index is 677. The van der Waals surface area contributed by atoms with Gasteiger partial charge in [0.15, 0.2) is 0 Å². The van der Waals surface area contributed by atoms with Crippen LogP contribution in [0.25, 0.3) is 0 Å². The van der Waals surface area contributed by atoms with E-state index in [1.165, 1.54) is 5.56 Å². The SMILES string of the molecule is Cn1ccc(CN2CCC3(CC2)C[C@@H](OCc2ccccc2)CO3)n1. The highest BCUT2D eigenvalue weighted by Gasteiger charge is 2.43. The predicted molar refractivity (Wildman–Crippen MR) is 96.0 cm³/mol. The molecule has 0 amide bonds. The van der Waals surface area contributed by atoms with Crippen LogP contribution < -0.4 is 0 Å². The standard InChI is InChI=1S/C20H27N3O2/c1-22-10-7-18(21-22)14-23-11-8-20(9-12-23)13-19(16-25-20)24-15-17-5-3-2-4-6-17/h2-7,10,19H,8-9,11-16H2,1H3/t19-/m1/s1. The number of nitrogens with zero attached hydrogens (tertiary/aromatic N) is 3. The van der Waals surface area contributed by atoms with Gasteiger partial charge in [0.05, 0.1) is 30.6 Å². The van der Waals surface area contributed by atoms with E-state index in [2.05, 4.69) is 40.3 Å². The number of aryl methyl sites for hydroxylation is 1. The zero-order valence-electron chi connectivity index (χ0n) is 14.9. The molecule has 0 saturated carbocycles. The van der Waals surface area contributed by atoms with Crippen LogP contribution in [0.3, 0.4) is 0 Å². The molecule has 1 spiro atoms. The Balaban J connectivity index is 1.24. The number of hydrogen-bond donors (Lipinski definition) is 0. The molecule has 2 fully saturated rings. The maximum Gasteiger partial charge on any atom is 0.0840 e. The maximum absolute atomic E-state index is 6.21. The van der Waals surface area contributed by atoms with Gasteiger partial charge in [0.2, 0.25) is 0 Å². The number of likely N-dealkylation sites (tertiary alicyclic amines) is 1. The van der Waals surface area contributed by atoms with Gasteiger partial charge in [-0.25, -0.2) is 0 Å². The number of ether oxygens (including phenoxy) is 2. The number of piperidine rings is 1. The van der Waals surface area contributed by atoms with Crippen LogP contribution in [0.2, 0.25) is 0 Å². The van der Waals surface area contributed by atoms with E-state index in [1.807, 2.05) is 24.0 Å². The first-order valence-corrected chi connectivity index (χ1v) is 9.21. The molecule has 0 unspecified atom stereocenters. The molecule has 2 aromatic rings. The molecule has 2 saturated heterocycles. The summed E-state index contributed by atoms with van der Waals surface area (Å²) in [4.78, 5) is 2.48. The molecule has 0 radical (unpaired) electrons. The molecule has 4 rings (SSSR count). The van der Waals surface area contributed by atoms with Crippen molar-refractivity contribution in [2.45, 2.75) is 44.1 Å². The molecule has 25 heavy (non-hydrogen) atoms. The summed E-state index contributed by atoms with van der Waals surface area (Å²) < 4.78 is 14.2. The lowest BCUT2D eigenvalue weighted by atomic mass is 9.88. The molecular weight excluding hydrogens is 314 g/mol. The molecule has 1 atom stereocenters. The van der Waals surface area contributed by atoms with Crippen LogP contribution in [0, 0.1) is 0 Å². The Labute approximate surface area is 149 Å². The summed E-state index contributed by atoms with van der Waals surface area (Å²) in [6.45, 7) is 4.48. The number of rotatable bonds is 5. The smallest absolute Gasteiger partial charge is 0.0840 e. The van der Waals surface area contributed by atoms with Gasteiger partial charge >= 0.3 is 0 Å². The third-order valence-corrected chi connectivity index (χ3v) is 5.43. The van der Waals surface area contributed by atoms with Gasteiger partial charge in [-0.2, -0.15) is 5.10 Å². The highest BCUT2D eigenvalue weighted by molar-refractivity contribution is 5.13. The Kier molecular flexibility index (Phi) is 4.88. The average Bonchev–Trinajstić information content (AvgIpc) is 3.23. The van der Waals surface area contributed by atoms with Crippen molar-refractivity contribution in [2.75, 3.05) is 19.7 Å². The van der Waals surface area contributed by atoms with Crippen molar-refractivity contribution in [1.29, 1.82) is 0 Å². The van der Waals surface area contributed by atoms with Crippen molar-refractivity contribution < 1.29 is 9.47 Å². The first-order valence-electron chi connectivity index (χ1n) is 9.21. The zero-order chi connectivity index (χ0) is 17.1. The van der Waals surface area contributed by atoms with Crippen molar-refractivity contribution in [2.24, 2.45) is 7.05 Å². The van der Waals surface area contributed by atoms with Crippen LogP contribution in [0.15, 0.2) is 42.6 Å². The van der Waals surface area contributed by atoms with E-state index in [1.54, 1.807) is 0 Å². The van der Waals surface area contributed by atoms with Crippen molar-refractivity contribution in [3.63, 3.8) is 0 Å². The second-order valence-electron chi connectivity index (χ2n) is 7.37. The topological polar surface area (TPSA) is 39.5 Å². The fraction of sp³-hybridized carbons (Fsp3) is 0.550. The van der Waals surface area contributed by atoms with Crippen LogP contribution in [0.5, 0.6) is 0 Å². The van der Waals surface area contributed by atoms with Gasteiger partial charge in [-0.05, 0) is 24.5 Å². The van der Waals surface area contributed by atoms with Crippen molar-refractivity contribution in [3.05, 3.63) is 53.9 Å². The molecule has 2 aliphatic rings. The van der Waals surface area contributed by atoms with Gasteiger partial charge in [-0.1, -0.05) is 30.3 Å². The van der Waals surface area contributed by atoms with E-state index < -0.39 is 0 Å². The van der Waals surface area contributed by atoms with Crippen LogP contribution in [0.4, 0.5) is 0 Å². The largest absolute Gasteiger partial charge is 0.372 e. The second-order valence-corrected chi connectivity index (χ2v) is 7.37. The van der Waals surface area contributed by atoms with Gasteiger partial charge in [-0.3, -0.25) is 9.58 Å². The number of hydrogen-bond acceptors (Lipinski definition) is 4. The fourth-order valence-electron chi connectivity index (χ4n) is 3.94. The van der Waals surface area contributed by atoms with Gasteiger partial charge in [0.25, 0.3) is 0 Å². The fourth-order valence-corrected chi connectivity index (χ4v) is 3.94. The Morgan fingerprint density at radius 2 is 2.00 bits per heavy atom. The second kappa shape index (κ2) is 7.28. The molecule has 0 aliphatic carbocycles. The molecule has 5 heteroatoms. The summed E-state index contributed by atoms with van der Waals surface area (Å²) in [5.74, 6) is 0. The van der Waals surface area contributed by atoms with Crippen LogP contribution >= 0.6 is 0 Å². The van der Waals surface area contributed by atoms with E-state index >= 15 is 0 Å². The van der Waals surface area contributed by atoms with E-state index in [0.29, 0.717) is 6.61 Å². The molecule has 0 bridgehead atoms. The molecule has 1 aromatic heterocycles. The van der Waals surface area contributed by atoms with Gasteiger partial charge < -0.3 is 9.47 Å². The molecule has 1 aromatic carbocycles. The highest BCUT2D eigenvalue weighted by Crippen LogP contribution is 2.37. The molecule has 134 valence electrons. The van der Waals surface area contributed by atoms with Gasteiger partial charge in [-0.15, -0.1) is 0 Å². The summed E-state index contributed by atoms with van der Waals surface area (Å²) in [5.41, 5.74) is 2.41. The van der Waals surface area contributed by atoms with Crippen molar-refractivity contribution in [1.82, 2.24) is 14.7 Å². The summed E-state index contributed by atoms with van der Waals surface area (Å²) in [7, 11) is 1.97. The van der Waals surface area contributed by atoms with E-state index in [4.69, 9.17) is 9.47 Å². The van der Waals surface area contributed by atoms with E-state index in [9.17, 15) is 0 Å². The van der Waals surface area contributed by atoms with Crippen LogP contribution in [-0.2, 0) is 29.7 Å². The van der Waals surface area contributed by atoms with E-state index in [-0.39, 0.29) is 11.7 Å². The average molecular weight is 341 g/mol. The molecular formula is C20H27N3O2. The highest BCUT2D eigenvalue weighted by atomic mass is 16.6. The van der Waals surface area contributed by atoms with Crippen molar-refractivity contribution in [3.8, 4) is 0 Å². The third-order valence-electron chi connectivity index (χ3n) is 5.43. The zero-order valence-corrected chi connectivity index (χ0v) is 14.9. The Morgan fingerprint density at radius 1 is 1.20 bits per heavy atom. The molecule has 3 heterocycles. The summed E-state index contributed by atoms with van der Waals surface area (Å²) in [6.07, 6.45) is 5.44. The maximum atomic E-state index is 6.21. The van der Waals surface area contributed by atoms with Gasteiger partial charge in [0.1, 0.15) is 0 Å². The first-order chi connectivity index (χ1) is 12.2. The molecule has 5 nitrogen and oxygen atoms in total. The predicted octanol–water partition coefficient (Wildman–Crippen LogP) is 2.76. The lowest BCUT2D eigenvalue weighted by Gasteiger charge is -2.38. The minimum absolute atomic E-state index is 0.0297. The lowest BCUT2D eigenvalue weighted by molar-refractivity contribution is -0.0470.